The molecule has 1 aliphatic heterocycles. The van der Waals surface area contributed by atoms with E-state index in [-0.39, 0.29) is 11.9 Å². The van der Waals surface area contributed by atoms with Crippen molar-refractivity contribution in [2.75, 3.05) is 18.4 Å². The summed E-state index contributed by atoms with van der Waals surface area (Å²) < 4.78 is 0. The van der Waals surface area contributed by atoms with Crippen molar-refractivity contribution >= 4 is 29.3 Å². The summed E-state index contributed by atoms with van der Waals surface area (Å²) in [6, 6.07) is 3.63. The first-order chi connectivity index (χ1) is 11.0. The summed E-state index contributed by atoms with van der Waals surface area (Å²) in [4.78, 5) is 25.2. The molecule has 1 aromatic carbocycles. The van der Waals surface area contributed by atoms with E-state index >= 15 is 0 Å². The number of nitrogens with one attached hydrogen (secondary N) is 1. The van der Waals surface area contributed by atoms with Crippen LogP contribution in [0.2, 0.25) is 5.02 Å². The van der Waals surface area contributed by atoms with Gasteiger partial charge in [0.15, 0.2) is 0 Å². The van der Waals surface area contributed by atoms with Gasteiger partial charge in [-0.15, -0.1) is 0 Å². The van der Waals surface area contributed by atoms with Crippen LogP contribution in [0, 0.1) is 5.92 Å². The number of aliphatic carboxylic acids is 1. The van der Waals surface area contributed by atoms with Gasteiger partial charge in [-0.2, -0.15) is 0 Å². The third kappa shape index (κ3) is 3.96. The molecule has 0 bridgehead atoms. The van der Waals surface area contributed by atoms with Crippen molar-refractivity contribution < 1.29 is 14.7 Å². The Morgan fingerprint density at radius 3 is 2.43 bits per heavy atom. The van der Waals surface area contributed by atoms with Gasteiger partial charge in [-0.3, -0.25) is 4.79 Å². The summed E-state index contributed by atoms with van der Waals surface area (Å²) in [5.74, 6) is -1.12. The van der Waals surface area contributed by atoms with Crippen LogP contribution in [0.4, 0.5) is 10.5 Å². The Labute approximate surface area is 141 Å². The number of carboxylic acids is 1. The van der Waals surface area contributed by atoms with Crippen LogP contribution in [0.25, 0.3) is 0 Å². The lowest BCUT2D eigenvalue weighted by atomic mass is 9.97. The van der Waals surface area contributed by atoms with Gasteiger partial charge < -0.3 is 15.3 Å². The van der Waals surface area contributed by atoms with Gasteiger partial charge in [0.1, 0.15) is 0 Å². The zero-order valence-electron chi connectivity index (χ0n) is 13.6. The van der Waals surface area contributed by atoms with Crippen molar-refractivity contribution in [1.82, 2.24) is 4.90 Å². The average Bonchev–Trinajstić information content (AvgIpc) is 2.55. The second-order valence-electron chi connectivity index (χ2n) is 5.80. The quantitative estimate of drug-likeness (QED) is 0.877. The van der Waals surface area contributed by atoms with Gasteiger partial charge in [-0.25, -0.2) is 4.79 Å². The highest BCUT2D eigenvalue weighted by Crippen LogP contribution is 2.30. The third-order valence-corrected chi connectivity index (χ3v) is 4.79. The van der Waals surface area contributed by atoms with Crippen LogP contribution in [0.15, 0.2) is 12.1 Å². The number of nitrogens with zero attached hydrogens (tertiary/aromatic N) is 1. The van der Waals surface area contributed by atoms with Crippen molar-refractivity contribution in [2.45, 2.75) is 39.5 Å². The number of aryl methyl sites for hydroxylation is 1. The Morgan fingerprint density at radius 2 is 1.91 bits per heavy atom. The number of hydrogen-bond acceptors (Lipinski definition) is 2. The fraction of sp³-hybridized carbons (Fsp3) is 0.529. The SMILES string of the molecule is CCc1ccc(Cl)c(CC)c1NC(=O)N1CCC(C(=O)O)CC1. The number of piperidine rings is 1. The fourth-order valence-corrected chi connectivity index (χ4v) is 3.27. The van der Waals surface area contributed by atoms with Crippen LogP contribution in [-0.4, -0.2) is 35.1 Å². The largest absolute Gasteiger partial charge is 0.481 e. The molecule has 2 rings (SSSR count). The maximum absolute atomic E-state index is 12.5. The van der Waals surface area contributed by atoms with Gasteiger partial charge in [0.05, 0.1) is 11.6 Å². The molecule has 126 valence electrons. The number of carboxylic acid groups (broad SMARTS) is 1. The lowest BCUT2D eigenvalue weighted by Crippen LogP contribution is -2.42. The monoisotopic (exact) mass is 338 g/mol. The Bertz CT molecular complexity index is 596. The molecule has 0 unspecified atom stereocenters. The minimum Gasteiger partial charge on any atom is -0.481 e. The molecule has 1 aromatic rings. The summed E-state index contributed by atoms with van der Waals surface area (Å²) in [5.41, 5.74) is 2.80. The summed E-state index contributed by atoms with van der Waals surface area (Å²) in [5, 5.41) is 12.7. The highest BCUT2D eigenvalue weighted by Gasteiger charge is 2.27. The third-order valence-electron chi connectivity index (χ3n) is 4.44. The highest BCUT2D eigenvalue weighted by molar-refractivity contribution is 6.31. The zero-order valence-corrected chi connectivity index (χ0v) is 14.3. The van der Waals surface area contributed by atoms with Crippen LogP contribution in [0.1, 0.15) is 37.8 Å². The number of amides is 2. The van der Waals surface area contributed by atoms with Crippen LogP contribution in [-0.2, 0) is 17.6 Å². The Hall–Kier alpha value is -1.75. The summed E-state index contributed by atoms with van der Waals surface area (Å²) in [6.45, 7) is 4.98. The molecule has 6 heteroatoms. The van der Waals surface area contributed by atoms with Gasteiger partial charge in [0.2, 0.25) is 0 Å². The zero-order chi connectivity index (χ0) is 17.0. The predicted octanol–water partition coefficient (Wildman–Crippen LogP) is 3.79. The number of urea groups is 1. The van der Waals surface area contributed by atoms with Crippen LogP contribution >= 0.6 is 11.6 Å². The van der Waals surface area contributed by atoms with E-state index in [4.69, 9.17) is 16.7 Å². The van der Waals surface area contributed by atoms with Crippen LogP contribution in [0.3, 0.4) is 0 Å². The predicted molar refractivity (Wildman–Crippen MR) is 91.2 cm³/mol. The van der Waals surface area contributed by atoms with Gasteiger partial charge in [-0.05, 0) is 42.9 Å². The molecular formula is C17H23ClN2O3. The van der Waals surface area contributed by atoms with E-state index in [1.165, 1.54) is 0 Å². The summed E-state index contributed by atoms with van der Waals surface area (Å²) in [7, 11) is 0. The minimum absolute atomic E-state index is 0.180. The lowest BCUT2D eigenvalue weighted by Gasteiger charge is -2.30. The maximum atomic E-state index is 12.5. The summed E-state index contributed by atoms with van der Waals surface area (Å²) >= 11 is 6.25. The standard InChI is InChI=1S/C17H23ClN2O3/c1-3-11-5-6-14(18)13(4-2)15(11)19-17(23)20-9-7-12(8-10-20)16(21)22/h5-6,12H,3-4,7-10H2,1-2H3,(H,19,23)(H,21,22). The van der Waals surface area contributed by atoms with Crippen LogP contribution < -0.4 is 5.32 Å². The molecule has 0 spiro atoms. The molecule has 23 heavy (non-hydrogen) atoms. The molecular weight excluding hydrogens is 316 g/mol. The molecule has 1 aliphatic rings. The number of carbonyl (C=O) groups excluding carboxylic acids is 1. The number of rotatable bonds is 4. The summed E-state index contributed by atoms with van der Waals surface area (Å²) in [6.07, 6.45) is 2.55. The number of carbonyl (C=O) groups is 2. The maximum Gasteiger partial charge on any atom is 0.321 e. The van der Waals surface area contributed by atoms with E-state index in [1.54, 1.807) is 4.90 Å². The van der Waals surface area contributed by atoms with E-state index in [9.17, 15) is 9.59 Å². The van der Waals surface area contributed by atoms with E-state index in [1.807, 2.05) is 26.0 Å². The molecule has 0 aromatic heterocycles. The minimum atomic E-state index is -0.776. The Balaban J connectivity index is 2.12. The lowest BCUT2D eigenvalue weighted by molar-refractivity contribution is -0.143. The van der Waals surface area contributed by atoms with Crippen molar-refractivity contribution in [2.24, 2.45) is 5.92 Å². The number of hydrogen-bond donors (Lipinski definition) is 2. The van der Waals surface area contributed by atoms with Gasteiger partial charge in [0.25, 0.3) is 0 Å². The van der Waals surface area contributed by atoms with Crippen molar-refractivity contribution in [3.8, 4) is 0 Å². The number of anilines is 1. The second kappa shape index (κ2) is 7.68. The van der Waals surface area contributed by atoms with Gasteiger partial charge in [-0.1, -0.05) is 31.5 Å². The van der Waals surface area contributed by atoms with E-state index in [2.05, 4.69) is 5.32 Å². The van der Waals surface area contributed by atoms with Crippen molar-refractivity contribution in [3.05, 3.63) is 28.3 Å². The van der Waals surface area contributed by atoms with E-state index in [0.29, 0.717) is 31.0 Å². The molecule has 1 fully saturated rings. The molecule has 1 heterocycles. The fourth-order valence-electron chi connectivity index (χ4n) is 2.98. The molecule has 0 saturated carbocycles. The molecule has 5 nitrogen and oxygen atoms in total. The Kier molecular flexibility index (Phi) is 5.88. The van der Waals surface area contributed by atoms with Crippen molar-refractivity contribution in [1.29, 1.82) is 0 Å². The van der Waals surface area contributed by atoms with Crippen LogP contribution in [0.5, 0.6) is 0 Å². The molecule has 0 atom stereocenters. The second-order valence-corrected chi connectivity index (χ2v) is 6.20. The topological polar surface area (TPSA) is 69.6 Å². The highest BCUT2D eigenvalue weighted by atomic mass is 35.5. The smallest absolute Gasteiger partial charge is 0.321 e. The number of halogens is 1. The van der Waals surface area contributed by atoms with E-state index < -0.39 is 5.97 Å². The number of likely N-dealkylation sites (tertiary alicyclic amines) is 1. The normalized spacial score (nSPS) is 15.5. The van der Waals surface area contributed by atoms with E-state index in [0.717, 1.165) is 29.7 Å². The molecule has 0 radical (unpaired) electrons. The van der Waals surface area contributed by atoms with Gasteiger partial charge >= 0.3 is 12.0 Å². The molecule has 2 amide bonds. The first-order valence-electron chi connectivity index (χ1n) is 8.06. The number of benzene rings is 1. The van der Waals surface area contributed by atoms with Crippen molar-refractivity contribution in [3.63, 3.8) is 0 Å². The molecule has 2 N–H and O–H groups in total. The average molecular weight is 339 g/mol. The Morgan fingerprint density at radius 1 is 1.26 bits per heavy atom. The van der Waals surface area contributed by atoms with Gasteiger partial charge in [0, 0.05) is 18.1 Å². The molecule has 0 aliphatic carbocycles. The molecule has 1 saturated heterocycles. The first-order valence-corrected chi connectivity index (χ1v) is 8.44. The first kappa shape index (κ1) is 17.6.